The second-order valence-corrected chi connectivity index (χ2v) is 3.33. The summed E-state index contributed by atoms with van der Waals surface area (Å²) in [5, 5.41) is 0. The molecule has 0 bridgehead atoms. The van der Waals surface area contributed by atoms with Crippen molar-refractivity contribution in [3.05, 3.63) is 0 Å². The Morgan fingerprint density at radius 1 is 0.684 bits per heavy atom. The minimum Gasteiger partial charge on any atom is -0.356 e. The van der Waals surface area contributed by atoms with Crippen molar-refractivity contribution in [2.24, 2.45) is 11.7 Å². The summed E-state index contributed by atoms with van der Waals surface area (Å²) >= 11 is 0. The lowest BCUT2D eigenvalue weighted by Crippen LogP contribution is -2.10. The molecule has 0 aromatic rings. The summed E-state index contributed by atoms with van der Waals surface area (Å²) in [5.41, 5.74) is 0. The van der Waals surface area contributed by atoms with Gasteiger partial charge in [0.25, 0.3) is 0 Å². The van der Waals surface area contributed by atoms with Crippen LogP contribution < -0.4 is 11.7 Å². The number of rotatable bonds is 6. The van der Waals surface area contributed by atoms with Crippen molar-refractivity contribution in [2.75, 3.05) is 28.4 Å². The number of methoxy groups -OCH3 is 4. The Bertz CT molecular complexity index is 93.5. The van der Waals surface area contributed by atoms with Crippen LogP contribution in [-0.4, -0.2) is 41.0 Å². The molecule has 0 unspecified atom stereocenters. The predicted octanol–water partition coefficient (Wildman–Crippen LogP) is 2.51. The first-order valence-corrected chi connectivity index (χ1v) is 6.55. The topological polar surface area (TPSA) is 89.0 Å². The third-order valence-electron chi connectivity index (χ3n) is 1.72. The molecule has 19 heavy (non-hydrogen) atoms. The molecule has 124 valence electrons. The molecule has 0 aromatic carbocycles. The molecule has 0 saturated heterocycles. The fourth-order valence-electron chi connectivity index (χ4n) is 0.859. The Balaban J connectivity index is -0.0000000548. The van der Waals surface area contributed by atoms with Crippen LogP contribution >= 0.6 is 0 Å². The number of ether oxygens (including phenoxy) is 4. The summed E-state index contributed by atoms with van der Waals surface area (Å²) in [6.45, 7) is 8.27. The summed E-state index contributed by atoms with van der Waals surface area (Å²) in [6, 6.07) is 0. The van der Waals surface area contributed by atoms with E-state index in [1.807, 2.05) is 13.8 Å². The molecule has 0 aliphatic heterocycles. The van der Waals surface area contributed by atoms with Gasteiger partial charge in [-0.15, -0.1) is 0 Å². The highest BCUT2D eigenvalue weighted by atomic mass is 16.7. The van der Waals surface area contributed by atoms with E-state index in [0.29, 0.717) is 0 Å². The molecule has 0 spiro atoms. The van der Waals surface area contributed by atoms with Crippen molar-refractivity contribution in [3.8, 4) is 0 Å². The fraction of sp³-hybridized carbons (Fsp3) is 1.00. The molecule has 0 aliphatic carbocycles. The van der Waals surface area contributed by atoms with Crippen molar-refractivity contribution in [1.29, 1.82) is 0 Å². The summed E-state index contributed by atoms with van der Waals surface area (Å²) in [7, 11) is 6.55. The zero-order chi connectivity index (χ0) is 16.1. The monoisotopic (exact) mass is 287 g/mol. The highest BCUT2D eigenvalue weighted by Crippen LogP contribution is 1.94. The standard InChI is InChI=1S/2C5H12O2.C3H8.H4N2.H2/c2*1-4-5(6-2)7-3;1-3-2;1-2;/h2*5H,4H2,1-3H3;3H2,1-2H3;1-2H2;1H/i;;;;1+1. The van der Waals surface area contributed by atoms with Crippen LogP contribution in [0.25, 0.3) is 0 Å². The third kappa shape index (κ3) is 31.9. The molecule has 0 aliphatic rings. The highest BCUT2D eigenvalue weighted by molar-refractivity contribution is 4.32. The van der Waals surface area contributed by atoms with E-state index in [2.05, 4.69) is 25.5 Å². The fourth-order valence-corrected chi connectivity index (χ4v) is 0.859. The first kappa shape index (κ1) is 27.2. The largest absolute Gasteiger partial charge is 0.356 e. The van der Waals surface area contributed by atoms with Gasteiger partial charge >= 0.3 is 0 Å². The smallest absolute Gasteiger partial charge is 0.156 e. The molecule has 4 N–H and O–H groups in total. The molecule has 0 fully saturated rings. The van der Waals surface area contributed by atoms with Crippen LogP contribution in [0.3, 0.4) is 0 Å². The summed E-state index contributed by atoms with van der Waals surface area (Å²) < 4.78 is 19.3. The second-order valence-electron chi connectivity index (χ2n) is 3.33. The van der Waals surface area contributed by atoms with Gasteiger partial charge in [0, 0.05) is 29.9 Å². The van der Waals surface area contributed by atoms with Crippen molar-refractivity contribution >= 4 is 0 Å². The minimum atomic E-state index is -0.0139. The minimum absolute atomic E-state index is 0. The summed E-state index contributed by atoms with van der Waals surface area (Å²) in [5.74, 6) is 8.00. The Kier molecular flexibility index (Phi) is 43.8. The zero-order valence-electron chi connectivity index (χ0n) is 14.1. The number of hydrazine groups is 1. The third-order valence-corrected chi connectivity index (χ3v) is 1.72. The molecule has 0 radical (unpaired) electrons. The van der Waals surface area contributed by atoms with Crippen LogP contribution in [-0.2, 0) is 18.9 Å². The van der Waals surface area contributed by atoms with Gasteiger partial charge in [-0.05, 0) is 12.8 Å². The van der Waals surface area contributed by atoms with Crippen LogP contribution in [0.2, 0.25) is 0 Å². The molecule has 0 amide bonds. The maximum absolute atomic E-state index is 4.83. The van der Waals surface area contributed by atoms with Crippen molar-refractivity contribution in [2.45, 2.75) is 59.5 Å². The van der Waals surface area contributed by atoms with Crippen LogP contribution in [0.4, 0.5) is 0 Å². The van der Waals surface area contributed by atoms with E-state index in [-0.39, 0.29) is 14.0 Å². The van der Waals surface area contributed by atoms with Crippen LogP contribution in [0.15, 0.2) is 0 Å². The van der Waals surface area contributed by atoms with Crippen molar-refractivity contribution in [3.63, 3.8) is 0 Å². The van der Waals surface area contributed by atoms with Gasteiger partial charge in [0.05, 0.1) is 0 Å². The number of nitrogens with two attached hydrogens (primary N) is 2. The summed E-state index contributed by atoms with van der Waals surface area (Å²) in [4.78, 5) is 0. The predicted molar refractivity (Wildman–Crippen MR) is 82.6 cm³/mol. The summed E-state index contributed by atoms with van der Waals surface area (Å²) in [6.07, 6.45) is 3.04. The molecule has 6 nitrogen and oxygen atoms in total. The molecule has 0 rings (SSSR count). The molecule has 6 heteroatoms. The maximum Gasteiger partial charge on any atom is 0.156 e. The quantitative estimate of drug-likeness (QED) is 0.443. The van der Waals surface area contributed by atoms with Gasteiger partial charge in [-0.1, -0.05) is 34.1 Å². The van der Waals surface area contributed by atoms with Gasteiger partial charge in [-0.2, -0.15) is 0 Å². The van der Waals surface area contributed by atoms with Gasteiger partial charge in [0.1, 0.15) is 0 Å². The van der Waals surface area contributed by atoms with E-state index >= 15 is 0 Å². The lowest BCUT2D eigenvalue weighted by Gasteiger charge is -2.08. The lowest BCUT2D eigenvalue weighted by atomic mass is 10.5. The van der Waals surface area contributed by atoms with Gasteiger partial charge < -0.3 is 18.9 Å². The first-order valence-electron chi connectivity index (χ1n) is 6.55. The van der Waals surface area contributed by atoms with Crippen molar-refractivity contribution < 1.29 is 20.4 Å². The Morgan fingerprint density at radius 3 is 0.842 bits per heavy atom. The van der Waals surface area contributed by atoms with Gasteiger partial charge in [0.2, 0.25) is 0 Å². The van der Waals surface area contributed by atoms with Crippen molar-refractivity contribution in [1.82, 2.24) is 0 Å². The van der Waals surface area contributed by atoms with Gasteiger partial charge in [0.15, 0.2) is 12.6 Å². The van der Waals surface area contributed by atoms with E-state index < -0.39 is 0 Å². The molecule has 0 heterocycles. The first-order chi connectivity index (χ1) is 9.11. The van der Waals surface area contributed by atoms with Gasteiger partial charge in [-0.3, -0.25) is 11.7 Å². The molecule has 0 aromatic heterocycles. The van der Waals surface area contributed by atoms with E-state index in [9.17, 15) is 0 Å². The normalized spacial score (nSPS) is 8.84. The average molecular weight is 287 g/mol. The Hall–Kier alpha value is -0.240. The Labute approximate surface area is 121 Å². The SMILES string of the molecule is CCC.CCC(OC)OC.CCC(OC)OC.NN.[2HH]. The van der Waals surface area contributed by atoms with Crippen LogP contribution in [0, 0.1) is 0 Å². The highest BCUT2D eigenvalue weighted by Gasteiger charge is 1.96. The van der Waals surface area contributed by atoms with Crippen LogP contribution in [0.5, 0.6) is 0 Å². The molecular weight excluding hydrogens is 248 g/mol. The number of hydrogen-bond acceptors (Lipinski definition) is 6. The van der Waals surface area contributed by atoms with E-state index in [4.69, 9.17) is 18.9 Å². The average Bonchev–Trinajstić information content (AvgIpc) is 2.46. The van der Waals surface area contributed by atoms with E-state index in [0.717, 1.165) is 12.8 Å². The van der Waals surface area contributed by atoms with Gasteiger partial charge in [-0.25, -0.2) is 0 Å². The van der Waals surface area contributed by atoms with E-state index in [1.54, 1.807) is 28.4 Å². The Morgan fingerprint density at radius 2 is 0.842 bits per heavy atom. The van der Waals surface area contributed by atoms with Crippen LogP contribution in [0.1, 0.15) is 48.4 Å². The maximum atomic E-state index is 4.83. The number of hydrogen-bond donors (Lipinski definition) is 2. The molecular formula is C13H38N2O4. The second kappa shape index (κ2) is 30.6. The lowest BCUT2D eigenvalue weighted by molar-refractivity contribution is -0.103. The molecule has 0 saturated carbocycles. The molecule has 0 atom stereocenters. The van der Waals surface area contributed by atoms with E-state index in [1.165, 1.54) is 6.42 Å². The zero-order valence-corrected chi connectivity index (χ0v) is 14.1.